The predicted molar refractivity (Wildman–Crippen MR) is 155 cm³/mol. The third-order valence-corrected chi connectivity index (χ3v) is 6.63. The number of sulfonamides is 1. The van der Waals surface area contributed by atoms with Crippen LogP contribution in [0.15, 0.2) is 48.5 Å². The van der Waals surface area contributed by atoms with Crippen LogP contribution in [0.3, 0.4) is 0 Å². The SMILES string of the molecule is CC(C)(C)OC[C@@H](NS(=O)(=O)Cc1cccc(C(=O)O)c1)C(=O)NCC(=O)NCc1ccc(C(=N)N)cc1.O=C(O)C(F)(F)F. The smallest absolute Gasteiger partial charge is 0.478 e. The molecule has 0 saturated heterocycles. The fourth-order valence-corrected chi connectivity index (χ4v) is 4.43. The maximum absolute atomic E-state index is 12.8. The van der Waals surface area contributed by atoms with Gasteiger partial charge in [-0.2, -0.15) is 13.2 Å². The molecule has 0 saturated carbocycles. The zero-order valence-electron chi connectivity index (χ0n) is 24.4. The Morgan fingerprint density at radius 3 is 2.02 bits per heavy atom. The summed E-state index contributed by atoms with van der Waals surface area (Å²) in [6.45, 7) is 4.69. The van der Waals surface area contributed by atoms with E-state index in [1.54, 1.807) is 45.0 Å². The normalized spacial score (nSPS) is 12.2. The number of nitrogens with two attached hydrogens (primary N) is 1. The number of halogens is 3. The first-order chi connectivity index (χ1) is 20.6. The van der Waals surface area contributed by atoms with E-state index in [0.717, 1.165) is 5.56 Å². The number of carbonyl (C=O) groups is 4. The van der Waals surface area contributed by atoms with Crippen LogP contribution >= 0.6 is 0 Å². The van der Waals surface area contributed by atoms with Crippen LogP contribution in [0, 0.1) is 5.41 Å². The number of benzene rings is 2. The van der Waals surface area contributed by atoms with Gasteiger partial charge in [-0.1, -0.05) is 36.4 Å². The summed E-state index contributed by atoms with van der Waals surface area (Å²) < 4.78 is 65.2. The molecule has 0 aromatic heterocycles. The summed E-state index contributed by atoms with van der Waals surface area (Å²) in [4.78, 5) is 45.1. The monoisotopic (exact) mass is 661 g/mol. The molecular formula is C27H34F3N5O9S. The molecule has 248 valence electrons. The molecule has 0 spiro atoms. The van der Waals surface area contributed by atoms with Gasteiger partial charge in [-0.15, -0.1) is 0 Å². The lowest BCUT2D eigenvalue weighted by Gasteiger charge is -2.24. The van der Waals surface area contributed by atoms with Gasteiger partial charge in [-0.3, -0.25) is 15.0 Å². The molecule has 14 nitrogen and oxygen atoms in total. The molecule has 0 aliphatic heterocycles. The van der Waals surface area contributed by atoms with Gasteiger partial charge in [-0.05, 0) is 44.0 Å². The number of carboxylic acids is 2. The van der Waals surface area contributed by atoms with Crippen LogP contribution in [0.5, 0.6) is 0 Å². The Labute approximate surface area is 256 Å². The molecule has 2 amide bonds. The highest BCUT2D eigenvalue weighted by Crippen LogP contribution is 2.13. The lowest BCUT2D eigenvalue weighted by Crippen LogP contribution is -2.52. The van der Waals surface area contributed by atoms with Gasteiger partial charge in [0.15, 0.2) is 0 Å². The van der Waals surface area contributed by atoms with Gasteiger partial charge in [0.1, 0.15) is 11.9 Å². The second-order valence-electron chi connectivity index (χ2n) is 10.3. The van der Waals surface area contributed by atoms with Gasteiger partial charge >= 0.3 is 18.1 Å². The first kappa shape index (κ1) is 38.5. The van der Waals surface area contributed by atoms with Crippen LogP contribution in [0.4, 0.5) is 13.2 Å². The average molecular weight is 662 g/mol. The van der Waals surface area contributed by atoms with E-state index in [-0.39, 0.29) is 30.1 Å². The Bertz CT molecular complexity index is 1480. The molecule has 0 fully saturated rings. The first-order valence-electron chi connectivity index (χ1n) is 12.8. The molecular weight excluding hydrogens is 627 g/mol. The zero-order chi connectivity index (χ0) is 34.6. The van der Waals surface area contributed by atoms with Gasteiger partial charge in [0.05, 0.1) is 30.1 Å². The van der Waals surface area contributed by atoms with E-state index in [2.05, 4.69) is 15.4 Å². The van der Waals surface area contributed by atoms with E-state index in [0.29, 0.717) is 5.56 Å². The average Bonchev–Trinajstić information content (AvgIpc) is 2.92. The number of alkyl halides is 3. The molecule has 8 N–H and O–H groups in total. The number of hydrogen-bond acceptors (Lipinski definition) is 8. The topological polar surface area (TPSA) is 238 Å². The predicted octanol–water partition coefficient (Wildman–Crippen LogP) is 1.34. The summed E-state index contributed by atoms with van der Waals surface area (Å²) in [6, 6.07) is 10.8. The lowest BCUT2D eigenvalue weighted by molar-refractivity contribution is -0.192. The number of ether oxygens (including phenoxy) is 1. The molecule has 0 radical (unpaired) electrons. The minimum atomic E-state index is -5.08. The second-order valence-corrected chi connectivity index (χ2v) is 12.0. The maximum Gasteiger partial charge on any atom is 0.490 e. The van der Waals surface area contributed by atoms with Crippen molar-refractivity contribution in [3.05, 3.63) is 70.8 Å². The molecule has 2 rings (SSSR count). The third-order valence-electron chi connectivity index (χ3n) is 5.27. The van der Waals surface area contributed by atoms with Gasteiger partial charge in [0.25, 0.3) is 0 Å². The largest absolute Gasteiger partial charge is 0.490 e. The Balaban J connectivity index is 0.00000129. The van der Waals surface area contributed by atoms with Crippen LogP contribution in [0.25, 0.3) is 0 Å². The standard InChI is InChI=1S/C25H33N5O7S.C2HF3O2/c1-25(2,3)37-14-20(30-38(35,36)15-17-5-4-6-19(11-17)24(33)34)23(32)29-13-21(31)28-12-16-7-9-18(10-8-16)22(26)27;3-2(4,5)1(6)7/h4-11,20,30H,12-15H2,1-3H3,(H3,26,27)(H,28,31)(H,29,32)(H,33,34);(H,6,7)/t20-;/m1./s1. The van der Waals surface area contributed by atoms with E-state index in [1.165, 1.54) is 24.3 Å². The van der Waals surface area contributed by atoms with Crippen molar-refractivity contribution in [2.45, 2.75) is 50.9 Å². The molecule has 2 aromatic rings. The molecule has 2 aromatic carbocycles. The fraction of sp³-hybridized carbons (Fsp3) is 0.370. The van der Waals surface area contributed by atoms with Crippen molar-refractivity contribution in [3.63, 3.8) is 0 Å². The summed E-state index contributed by atoms with van der Waals surface area (Å²) in [7, 11) is -4.09. The van der Waals surface area contributed by atoms with Gasteiger partial charge < -0.3 is 31.3 Å². The highest BCUT2D eigenvalue weighted by Gasteiger charge is 2.38. The zero-order valence-corrected chi connectivity index (χ0v) is 25.2. The Morgan fingerprint density at radius 1 is 0.956 bits per heavy atom. The summed E-state index contributed by atoms with van der Waals surface area (Å²) in [5, 5.41) is 28.7. The second kappa shape index (κ2) is 16.5. The van der Waals surface area contributed by atoms with Crippen molar-refractivity contribution in [1.82, 2.24) is 15.4 Å². The Morgan fingerprint density at radius 2 is 1.53 bits per heavy atom. The molecule has 0 heterocycles. The van der Waals surface area contributed by atoms with E-state index >= 15 is 0 Å². The number of carboxylic acid groups (broad SMARTS) is 2. The van der Waals surface area contributed by atoms with Gasteiger partial charge in [0.2, 0.25) is 21.8 Å². The van der Waals surface area contributed by atoms with Crippen molar-refractivity contribution in [2.75, 3.05) is 13.2 Å². The minimum absolute atomic E-state index is 0.0659. The van der Waals surface area contributed by atoms with Crippen molar-refractivity contribution in [3.8, 4) is 0 Å². The molecule has 0 bridgehead atoms. The number of rotatable bonds is 13. The van der Waals surface area contributed by atoms with Crippen LogP contribution in [0.2, 0.25) is 0 Å². The minimum Gasteiger partial charge on any atom is -0.478 e. The summed E-state index contributed by atoms with van der Waals surface area (Å²) in [5.41, 5.74) is 6.21. The van der Waals surface area contributed by atoms with Crippen LogP contribution in [0.1, 0.15) is 47.8 Å². The molecule has 1 atom stereocenters. The van der Waals surface area contributed by atoms with Crippen LogP contribution < -0.4 is 21.1 Å². The van der Waals surface area contributed by atoms with Crippen LogP contribution in [-0.2, 0) is 41.4 Å². The number of hydrogen-bond donors (Lipinski definition) is 7. The number of aliphatic carboxylic acids is 1. The molecule has 18 heteroatoms. The summed E-state index contributed by atoms with van der Waals surface area (Å²) in [6.07, 6.45) is -5.08. The molecule has 0 aliphatic carbocycles. The van der Waals surface area contributed by atoms with Crippen LogP contribution in [-0.4, -0.2) is 79.2 Å². The summed E-state index contributed by atoms with van der Waals surface area (Å²) >= 11 is 0. The number of carbonyl (C=O) groups excluding carboxylic acids is 2. The van der Waals surface area contributed by atoms with E-state index < -0.39 is 63.9 Å². The number of amidine groups is 1. The van der Waals surface area contributed by atoms with Crippen molar-refractivity contribution >= 4 is 39.6 Å². The molecule has 45 heavy (non-hydrogen) atoms. The summed E-state index contributed by atoms with van der Waals surface area (Å²) in [5.74, 6) is -5.85. The Kier molecular flexibility index (Phi) is 14.1. The fourth-order valence-electron chi connectivity index (χ4n) is 3.12. The van der Waals surface area contributed by atoms with Gasteiger partial charge in [-0.25, -0.2) is 22.7 Å². The third kappa shape index (κ3) is 15.7. The highest BCUT2D eigenvalue weighted by molar-refractivity contribution is 7.88. The highest BCUT2D eigenvalue weighted by atomic mass is 32.2. The van der Waals surface area contributed by atoms with E-state index in [9.17, 15) is 36.0 Å². The maximum atomic E-state index is 12.8. The number of aromatic carboxylic acids is 1. The Hall–Kier alpha value is -4.55. The number of nitrogen functional groups attached to an aromatic ring is 1. The molecule has 0 aliphatic rings. The lowest BCUT2D eigenvalue weighted by atomic mass is 10.1. The number of amides is 2. The van der Waals surface area contributed by atoms with E-state index in [4.69, 9.17) is 30.9 Å². The van der Waals surface area contributed by atoms with Crippen molar-refractivity contribution in [1.29, 1.82) is 5.41 Å². The quantitative estimate of drug-likeness (QED) is 0.120. The van der Waals surface area contributed by atoms with Gasteiger partial charge in [0, 0.05) is 12.1 Å². The first-order valence-corrected chi connectivity index (χ1v) is 14.5. The van der Waals surface area contributed by atoms with E-state index in [1.807, 2.05) is 0 Å². The van der Waals surface area contributed by atoms with Crippen molar-refractivity contribution in [2.24, 2.45) is 5.73 Å². The number of nitrogens with one attached hydrogen (secondary N) is 4. The van der Waals surface area contributed by atoms with Crippen molar-refractivity contribution < 1.29 is 55.7 Å². The molecule has 0 unspecified atom stereocenters.